The maximum atomic E-state index is 12.8. The van der Waals surface area contributed by atoms with Crippen LogP contribution in [0.3, 0.4) is 0 Å². The highest BCUT2D eigenvalue weighted by Gasteiger charge is 2.27. The quantitative estimate of drug-likeness (QED) is 0.507. The second kappa shape index (κ2) is 9.78. The fourth-order valence-electron chi connectivity index (χ4n) is 3.54. The summed E-state index contributed by atoms with van der Waals surface area (Å²) in [7, 11) is 1.28. The zero-order valence-electron chi connectivity index (χ0n) is 18.2. The lowest BCUT2D eigenvalue weighted by Crippen LogP contribution is -2.25. The molecule has 2 heterocycles. The number of aryl methyl sites for hydroxylation is 1. The van der Waals surface area contributed by atoms with Crippen LogP contribution < -0.4 is 4.74 Å². The number of nitrogens with one attached hydrogen (secondary N) is 1. The zero-order chi connectivity index (χ0) is 22.5. The van der Waals surface area contributed by atoms with E-state index in [0.29, 0.717) is 34.7 Å². The van der Waals surface area contributed by atoms with Crippen molar-refractivity contribution < 1.29 is 33.3 Å². The van der Waals surface area contributed by atoms with E-state index in [9.17, 15) is 14.4 Å². The molecule has 0 bridgehead atoms. The van der Waals surface area contributed by atoms with E-state index in [1.807, 2.05) is 0 Å². The summed E-state index contributed by atoms with van der Waals surface area (Å²) in [5.74, 6) is -0.956. The Morgan fingerprint density at radius 3 is 2.48 bits per heavy atom. The Morgan fingerprint density at radius 1 is 1.16 bits per heavy atom. The van der Waals surface area contributed by atoms with E-state index in [0.717, 1.165) is 19.4 Å². The molecule has 1 fully saturated rings. The van der Waals surface area contributed by atoms with Crippen LogP contribution in [0, 0.1) is 13.8 Å². The first-order valence-electron chi connectivity index (χ1n) is 10.2. The number of carbonyl (C=O) groups excluding carboxylic acids is 3. The Kier molecular flexibility index (Phi) is 7.12. The molecule has 0 spiro atoms. The average molecular weight is 429 g/mol. The standard InChI is InChI=1S/C23H27NO7/c1-13-19(23(27)28-4)14(2)24-20(13)21(25)15(3)31-22(26)16-7-9-17(10-8-16)30-12-18-6-5-11-29-18/h7-10,15,18,24H,5-6,11-12H2,1-4H3. The number of ether oxygens (including phenoxy) is 4. The summed E-state index contributed by atoms with van der Waals surface area (Å²) in [6.45, 7) is 6.05. The highest BCUT2D eigenvalue weighted by atomic mass is 16.5. The van der Waals surface area contributed by atoms with E-state index >= 15 is 0 Å². The number of carbonyl (C=O) groups is 3. The van der Waals surface area contributed by atoms with Crippen LogP contribution in [-0.4, -0.2) is 55.2 Å². The van der Waals surface area contributed by atoms with Crippen LogP contribution >= 0.6 is 0 Å². The first-order chi connectivity index (χ1) is 14.8. The lowest BCUT2D eigenvalue weighted by molar-refractivity contribution is 0.0316. The van der Waals surface area contributed by atoms with Crippen molar-refractivity contribution >= 4 is 17.7 Å². The number of H-pyrrole nitrogens is 1. The molecular formula is C23H27NO7. The molecule has 1 aromatic carbocycles. The maximum Gasteiger partial charge on any atom is 0.339 e. The van der Waals surface area contributed by atoms with E-state index in [1.165, 1.54) is 14.0 Å². The zero-order valence-corrected chi connectivity index (χ0v) is 18.2. The van der Waals surface area contributed by atoms with Crippen LogP contribution in [0.15, 0.2) is 24.3 Å². The predicted molar refractivity (Wildman–Crippen MR) is 112 cm³/mol. The molecule has 31 heavy (non-hydrogen) atoms. The van der Waals surface area contributed by atoms with E-state index in [4.69, 9.17) is 18.9 Å². The lowest BCUT2D eigenvalue weighted by Gasteiger charge is -2.13. The number of aromatic nitrogens is 1. The molecule has 1 aliphatic heterocycles. The minimum Gasteiger partial charge on any atom is -0.491 e. The molecule has 0 radical (unpaired) electrons. The molecule has 1 aliphatic rings. The van der Waals surface area contributed by atoms with Gasteiger partial charge in [0.1, 0.15) is 12.4 Å². The van der Waals surface area contributed by atoms with Crippen LogP contribution in [-0.2, 0) is 14.2 Å². The number of hydrogen-bond acceptors (Lipinski definition) is 7. The van der Waals surface area contributed by atoms with Crippen molar-refractivity contribution in [1.29, 1.82) is 0 Å². The number of hydrogen-bond donors (Lipinski definition) is 1. The van der Waals surface area contributed by atoms with Gasteiger partial charge in [-0.05, 0) is 63.4 Å². The lowest BCUT2D eigenvalue weighted by atomic mass is 10.1. The van der Waals surface area contributed by atoms with E-state index < -0.39 is 23.8 Å². The number of rotatable bonds is 8. The first kappa shape index (κ1) is 22.6. The van der Waals surface area contributed by atoms with Crippen LogP contribution in [0.2, 0.25) is 0 Å². The summed E-state index contributed by atoms with van der Waals surface area (Å²) in [6.07, 6.45) is 1.10. The van der Waals surface area contributed by atoms with Crippen molar-refractivity contribution in [3.8, 4) is 5.75 Å². The number of aromatic amines is 1. The van der Waals surface area contributed by atoms with E-state index in [2.05, 4.69) is 4.98 Å². The number of Topliss-reactive ketones (excluding diaryl/α,β-unsaturated/α-hetero) is 1. The van der Waals surface area contributed by atoms with Crippen molar-refractivity contribution in [1.82, 2.24) is 4.98 Å². The van der Waals surface area contributed by atoms with E-state index in [-0.39, 0.29) is 11.8 Å². The molecule has 8 nitrogen and oxygen atoms in total. The topological polar surface area (TPSA) is 104 Å². The highest BCUT2D eigenvalue weighted by Crippen LogP contribution is 2.22. The monoisotopic (exact) mass is 429 g/mol. The molecule has 0 amide bonds. The fourth-order valence-corrected chi connectivity index (χ4v) is 3.54. The molecule has 1 N–H and O–H groups in total. The van der Waals surface area contributed by atoms with Crippen LogP contribution in [0.5, 0.6) is 5.75 Å². The molecule has 8 heteroatoms. The third-order valence-corrected chi connectivity index (χ3v) is 5.28. The van der Waals surface area contributed by atoms with Crippen LogP contribution in [0.4, 0.5) is 0 Å². The Morgan fingerprint density at radius 2 is 1.87 bits per heavy atom. The average Bonchev–Trinajstić information content (AvgIpc) is 3.39. The second-order valence-corrected chi connectivity index (χ2v) is 7.50. The highest BCUT2D eigenvalue weighted by molar-refractivity contribution is 6.04. The number of benzene rings is 1. The summed E-state index contributed by atoms with van der Waals surface area (Å²) in [6, 6.07) is 6.53. The Labute approximate surface area is 180 Å². The van der Waals surface area contributed by atoms with Gasteiger partial charge in [-0.25, -0.2) is 9.59 Å². The molecule has 1 saturated heterocycles. The smallest absolute Gasteiger partial charge is 0.339 e. The third kappa shape index (κ3) is 5.14. The molecule has 2 atom stereocenters. The third-order valence-electron chi connectivity index (χ3n) is 5.28. The molecule has 1 aromatic heterocycles. The molecule has 0 aliphatic carbocycles. The SMILES string of the molecule is COC(=O)c1c(C)[nH]c(C(=O)C(C)OC(=O)c2ccc(OCC3CCCO3)cc2)c1C. The molecule has 166 valence electrons. The fraction of sp³-hybridized carbons (Fsp3) is 0.435. The van der Waals surface area contributed by atoms with Gasteiger partial charge in [-0.15, -0.1) is 0 Å². The normalized spacial score (nSPS) is 16.6. The Hall–Kier alpha value is -3.13. The molecule has 2 aromatic rings. The summed E-state index contributed by atoms with van der Waals surface area (Å²) < 4.78 is 21.3. The summed E-state index contributed by atoms with van der Waals surface area (Å²) in [5.41, 5.74) is 1.81. The number of esters is 2. The van der Waals surface area contributed by atoms with Crippen molar-refractivity contribution in [2.45, 2.75) is 45.8 Å². The van der Waals surface area contributed by atoms with E-state index in [1.54, 1.807) is 38.1 Å². The van der Waals surface area contributed by atoms with Gasteiger partial charge in [-0.1, -0.05) is 0 Å². The van der Waals surface area contributed by atoms with Gasteiger partial charge < -0.3 is 23.9 Å². The first-order valence-corrected chi connectivity index (χ1v) is 10.2. The van der Waals surface area contributed by atoms with Gasteiger partial charge in [-0.3, -0.25) is 4.79 Å². The summed E-state index contributed by atoms with van der Waals surface area (Å²) in [5, 5.41) is 0. The van der Waals surface area contributed by atoms with Gasteiger partial charge in [0.2, 0.25) is 5.78 Å². The van der Waals surface area contributed by atoms with Gasteiger partial charge >= 0.3 is 11.9 Å². The Balaban J connectivity index is 1.61. The van der Waals surface area contributed by atoms with Gasteiger partial charge in [-0.2, -0.15) is 0 Å². The predicted octanol–water partition coefficient (Wildman–Crippen LogP) is 3.40. The van der Waals surface area contributed by atoms with Crippen molar-refractivity contribution in [3.63, 3.8) is 0 Å². The minimum atomic E-state index is -1.04. The summed E-state index contributed by atoms with van der Waals surface area (Å²) >= 11 is 0. The van der Waals surface area contributed by atoms with Gasteiger partial charge in [0.25, 0.3) is 0 Å². The number of methoxy groups -OCH3 is 1. The largest absolute Gasteiger partial charge is 0.491 e. The van der Waals surface area contributed by atoms with Gasteiger partial charge in [0.05, 0.1) is 30.0 Å². The molecule has 2 unspecified atom stereocenters. The number of ketones is 1. The second-order valence-electron chi connectivity index (χ2n) is 7.50. The van der Waals surface area contributed by atoms with Crippen molar-refractivity contribution in [2.75, 3.05) is 20.3 Å². The van der Waals surface area contributed by atoms with Crippen LogP contribution in [0.25, 0.3) is 0 Å². The van der Waals surface area contributed by atoms with Crippen molar-refractivity contribution in [3.05, 3.63) is 52.3 Å². The maximum absolute atomic E-state index is 12.8. The van der Waals surface area contributed by atoms with Crippen LogP contribution in [0.1, 0.15) is 62.2 Å². The molecule has 0 saturated carbocycles. The van der Waals surface area contributed by atoms with Crippen molar-refractivity contribution in [2.24, 2.45) is 0 Å². The minimum absolute atomic E-state index is 0.108. The summed E-state index contributed by atoms with van der Waals surface area (Å²) in [4.78, 5) is 40.1. The van der Waals surface area contributed by atoms with Gasteiger partial charge in [0, 0.05) is 12.3 Å². The molecule has 3 rings (SSSR count). The molecular weight excluding hydrogens is 402 g/mol. The van der Waals surface area contributed by atoms with Gasteiger partial charge in [0.15, 0.2) is 6.10 Å². The Bertz CT molecular complexity index is 955.